The fourth-order valence-corrected chi connectivity index (χ4v) is 3.87. The second-order valence-electron chi connectivity index (χ2n) is 5.01. The van der Waals surface area contributed by atoms with E-state index in [4.69, 9.17) is 0 Å². The molecule has 2 rings (SSSR count). The minimum absolute atomic E-state index is 0.120. The van der Waals surface area contributed by atoms with E-state index in [0.29, 0.717) is 18.9 Å². The number of nitrogens with zero attached hydrogens (tertiary/aromatic N) is 1. The third-order valence-electron chi connectivity index (χ3n) is 3.15. The first kappa shape index (κ1) is 14.4. The van der Waals surface area contributed by atoms with Crippen LogP contribution in [0.2, 0.25) is 0 Å². The lowest BCUT2D eigenvalue weighted by atomic mass is 9.97. The summed E-state index contributed by atoms with van der Waals surface area (Å²) in [5, 5.41) is 9.91. The number of hydrogen-bond acceptors (Lipinski definition) is 3. The standard InChI is InChI=1S/C12H15F2NO3S/c1-12(16)5-2-6-15(8-12)19(17,18)11-7-9(13)3-4-10(11)14/h3-4,7,16H,2,5-6,8H2,1H3. The SMILES string of the molecule is CC1(O)CCCN(S(=O)(=O)c2cc(F)ccc2F)C1. The third kappa shape index (κ3) is 2.93. The molecule has 0 spiro atoms. The Morgan fingerprint density at radius 3 is 2.68 bits per heavy atom. The van der Waals surface area contributed by atoms with Gasteiger partial charge in [-0.3, -0.25) is 0 Å². The molecular weight excluding hydrogens is 276 g/mol. The smallest absolute Gasteiger partial charge is 0.246 e. The van der Waals surface area contributed by atoms with E-state index in [9.17, 15) is 22.3 Å². The molecule has 19 heavy (non-hydrogen) atoms. The quantitative estimate of drug-likeness (QED) is 0.898. The molecule has 0 radical (unpaired) electrons. The highest BCUT2D eigenvalue weighted by Crippen LogP contribution is 2.27. The second kappa shape index (κ2) is 4.81. The van der Waals surface area contributed by atoms with Crippen molar-refractivity contribution in [3.05, 3.63) is 29.8 Å². The minimum atomic E-state index is -4.13. The van der Waals surface area contributed by atoms with Gasteiger partial charge < -0.3 is 5.11 Å². The molecule has 1 N–H and O–H groups in total. The Hall–Kier alpha value is -1.05. The Morgan fingerprint density at radius 1 is 1.37 bits per heavy atom. The molecule has 1 fully saturated rings. The van der Waals surface area contributed by atoms with Gasteiger partial charge in [0.15, 0.2) is 0 Å². The van der Waals surface area contributed by atoms with Crippen molar-refractivity contribution in [1.29, 1.82) is 0 Å². The Bertz CT molecular complexity index is 587. The van der Waals surface area contributed by atoms with Gasteiger partial charge in [0.2, 0.25) is 10.0 Å². The first-order chi connectivity index (χ1) is 8.72. The molecule has 1 atom stereocenters. The van der Waals surface area contributed by atoms with Crippen molar-refractivity contribution in [2.24, 2.45) is 0 Å². The van der Waals surface area contributed by atoms with Crippen LogP contribution in [0, 0.1) is 11.6 Å². The molecule has 106 valence electrons. The van der Waals surface area contributed by atoms with Crippen molar-refractivity contribution in [1.82, 2.24) is 4.31 Å². The van der Waals surface area contributed by atoms with Crippen LogP contribution in [0.1, 0.15) is 19.8 Å². The summed E-state index contributed by atoms with van der Waals surface area (Å²) in [6.07, 6.45) is 0.952. The van der Waals surface area contributed by atoms with E-state index in [1.807, 2.05) is 0 Å². The summed E-state index contributed by atoms with van der Waals surface area (Å²) < 4.78 is 52.2. The van der Waals surface area contributed by atoms with E-state index < -0.39 is 32.2 Å². The monoisotopic (exact) mass is 291 g/mol. The number of β-amino-alcohol motifs (C(OH)–C–C–N with tert-alkyl or cyclic N) is 1. The Labute approximate surface area is 110 Å². The molecule has 1 aromatic carbocycles. The maximum Gasteiger partial charge on any atom is 0.246 e. The van der Waals surface area contributed by atoms with Crippen LogP contribution in [0.25, 0.3) is 0 Å². The van der Waals surface area contributed by atoms with Gasteiger partial charge in [0.25, 0.3) is 0 Å². The van der Waals surface area contributed by atoms with E-state index in [-0.39, 0.29) is 13.1 Å². The molecule has 1 aromatic rings. The molecule has 0 aliphatic carbocycles. The summed E-state index contributed by atoms with van der Waals surface area (Å²) in [7, 11) is -4.13. The second-order valence-corrected chi connectivity index (χ2v) is 6.92. The zero-order valence-electron chi connectivity index (χ0n) is 10.4. The molecule has 1 aliphatic heterocycles. The predicted octanol–water partition coefficient (Wildman–Crippen LogP) is 1.50. The zero-order chi connectivity index (χ0) is 14.3. The lowest BCUT2D eigenvalue weighted by Crippen LogP contribution is -2.48. The molecule has 1 heterocycles. The van der Waals surface area contributed by atoms with E-state index in [1.54, 1.807) is 0 Å². The average molecular weight is 291 g/mol. The Morgan fingerprint density at radius 2 is 2.05 bits per heavy atom. The first-order valence-electron chi connectivity index (χ1n) is 5.90. The molecule has 4 nitrogen and oxygen atoms in total. The van der Waals surface area contributed by atoms with Crippen LogP contribution in [-0.2, 0) is 10.0 Å². The summed E-state index contributed by atoms with van der Waals surface area (Å²) >= 11 is 0. The van der Waals surface area contributed by atoms with Gasteiger partial charge in [-0.15, -0.1) is 0 Å². The normalized spacial score (nSPS) is 25.5. The number of aliphatic hydroxyl groups is 1. The van der Waals surface area contributed by atoms with Crippen LogP contribution in [0.3, 0.4) is 0 Å². The molecule has 0 saturated carbocycles. The molecule has 0 bridgehead atoms. The number of benzene rings is 1. The predicted molar refractivity (Wildman–Crippen MR) is 65.0 cm³/mol. The first-order valence-corrected chi connectivity index (χ1v) is 7.34. The van der Waals surface area contributed by atoms with Crippen molar-refractivity contribution < 1.29 is 22.3 Å². The van der Waals surface area contributed by atoms with Crippen molar-refractivity contribution in [2.75, 3.05) is 13.1 Å². The Kier molecular flexibility index (Phi) is 3.63. The van der Waals surface area contributed by atoms with Crippen LogP contribution in [0.5, 0.6) is 0 Å². The van der Waals surface area contributed by atoms with E-state index in [2.05, 4.69) is 0 Å². The third-order valence-corrected chi connectivity index (χ3v) is 5.01. The fraction of sp³-hybridized carbons (Fsp3) is 0.500. The Balaban J connectivity index is 2.39. The molecule has 1 saturated heterocycles. The van der Waals surface area contributed by atoms with Gasteiger partial charge >= 0.3 is 0 Å². The molecule has 1 aliphatic rings. The molecule has 7 heteroatoms. The van der Waals surface area contributed by atoms with Crippen LogP contribution < -0.4 is 0 Å². The highest BCUT2D eigenvalue weighted by molar-refractivity contribution is 7.89. The summed E-state index contributed by atoms with van der Waals surface area (Å²) in [5.41, 5.74) is -1.14. The van der Waals surface area contributed by atoms with Gasteiger partial charge in [-0.2, -0.15) is 4.31 Å². The number of piperidine rings is 1. The van der Waals surface area contributed by atoms with Crippen molar-refractivity contribution in [3.63, 3.8) is 0 Å². The number of halogens is 2. The highest BCUT2D eigenvalue weighted by Gasteiger charge is 2.36. The van der Waals surface area contributed by atoms with Gasteiger partial charge in [-0.25, -0.2) is 17.2 Å². The van der Waals surface area contributed by atoms with E-state index >= 15 is 0 Å². The summed E-state index contributed by atoms with van der Waals surface area (Å²) in [6.45, 7) is 1.59. The van der Waals surface area contributed by atoms with Gasteiger partial charge in [-0.1, -0.05) is 0 Å². The van der Waals surface area contributed by atoms with E-state index in [0.717, 1.165) is 16.4 Å². The lowest BCUT2D eigenvalue weighted by molar-refractivity contribution is 0.00934. The number of rotatable bonds is 2. The molecule has 0 aromatic heterocycles. The summed E-state index contributed by atoms with van der Waals surface area (Å²) in [6, 6.07) is 2.30. The van der Waals surface area contributed by atoms with Gasteiger partial charge in [0, 0.05) is 13.1 Å². The van der Waals surface area contributed by atoms with Crippen molar-refractivity contribution >= 4 is 10.0 Å². The molecular formula is C12H15F2NO3S. The fourth-order valence-electron chi connectivity index (χ4n) is 2.19. The van der Waals surface area contributed by atoms with Crippen LogP contribution in [0.4, 0.5) is 8.78 Å². The zero-order valence-corrected chi connectivity index (χ0v) is 11.3. The topological polar surface area (TPSA) is 57.6 Å². The van der Waals surface area contributed by atoms with Crippen LogP contribution in [-0.4, -0.2) is 36.5 Å². The van der Waals surface area contributed by atoms with Crippen LogP contribution >= 0.6 is 0 Å². The molecule has 1 unspecified atom stereocenters. The van der Waals surface area contributed by atoms with Gasteiger partial charge in [-0.05, 0) is 38.0 Å². The summed E-state index contributed by atoms with van der Waals surface area (Å²) in [5.74, 6) is -1.81. The van der Waals surface area contributed by atoms with Crippen molar-refractivity contribution in [2.45, 2.75) is 30.3 Å². The minimum Gasteiger partial charge on any atom is -0.389 e. The maximum absolute atomic E-state index is 13.6. The molecule has 0 amide bonds. The number of sulfonamides is 1. The van der Waals surface area contributed by atoms with Crippen LogP contribution in [0.15, 0.2) is 23.1 Å². The van der Waals surface area contributed by atoms with E-state index in [1.165, 1.54) is 6.92 Å². The van der Waals surface area contributed by atoms with Gasteiger partial charge in [0.1, 0.15) is 16.5 Å². The van der Waals surface area contributed by atoms with Crippen molar-refractivity contribution in [3.8, 4) is 0 Å². The maximum atomic E-state index is 13.6. The van der Waals surface area contributed by atoms with Gasteiger partial charge in [0.05, 0.1) is 5.60 Å². The highest BCUT2D eigenvalue weighted by atomic mass is 32.2. The lowest BCUT2D eigenvalue weighted by Gasteiger charge is -2.35. The largest absolute Gasteiger partial charge is 0.389 e. The number of hydrogen-bond donors (Lipinski definition) is 1. The summed E-state index contributed by atoms with van der Waals surface area (Å²) in [4.78, 5) is -0.690. The average Bonchev–Trinajstić information content (AvgIpc) is 2.31.